The fourth-order valence-electron chi connectivity index (χ4n) is 8.12. The van der Waals surface area contributed by atoms with Gasteiger partial charge in [0, 0.05) is 6.92 Å². The van der Waals surface area contributed by atoms with Gasteiger partial charge in [-0.3, -0.25) is 4.79 Å². The molecular weight excluding hydrogens is 380 g/mol. The van der Waals surface area contributed by atoms with E-state index in [1.807, 2.05) is 13.0 Å². The lowest BCUT2D eigenvalue weighted by molar-refractivity contribution is -0.135. The lowest BCUT2D eigenvalue weighted by atomic mass is 9.45. The second-order valence-electron chi connectivity index (χ2n) is 11.4. The molecule has 170 valence electrons. The van der Waals surface area contributed by atoms with Crippen LogP contribution in [0.25, 0.3) is 0 Å². The molecule has 0 aliphatic heterocycles. The smallest absolute Gasteiger partial charge is 0.307 e. The van der Waals surface area contributed by atoms with Crippen molar-refractivity contribution in [2.75, 3.05) is 0 Å². The van der Waals surface area contributed by atoms with Crippen molar-refractivity contribution < 1.29 is 9.53 Å². The normalized spacial score (nSPS) is 40.7. The molecule has 0 heterocycles. The van der Waals surface area contributed by atoms with E-state index >= 15 is 0 Å². The molecule has 4 rings (SSSR count). The number of carbonyl (C=O) groups excluding carboxylic acids is 1. The molecule has 0 amide bonds. The molecule has 1 unspecified atom stereocenters. The number of carbonyl (C=O) groups is 1. The van der Waals surface area contributed by atoms with E-state index in [0.29, 0.717) is 10.8 Å². The van der Waals surface area contributed by atoms with Gasteiger partial charge < -0.3 is 4.74 Å². The van der Waals surface area contributed by atoms with Crippen LogP contribution in [0.3, 0.4) is 0 Å². The fourth-order valence-corrected chi connectivity index (χ4v) is 8.12. The highest BCUT2D eigenvalue weighted by Crippen LogP contribution is 2.66. The molecule has 0 aromatic rings. The minimum atomic E-state index is -0.277. The Labute approximate surface area is 189 Å². The van der Waals surface area contributed by atoms with Crippen molar-refractivity contribution >= 4 is 5.97 Å². The lowest BCUT2D eigenvalue weighted by Gasteiger charge is -2.60. The number of esters is 1. The molecule has 0 aromatic carbocycles. The van der Waals surface area contributed by atoms with Gasteiger partial charge >= 0.3 is 5.97 Å². The van der Waals surface area contributed by atoms with Crippen molar-refractivity contribution in [3.05, 3.63) is 47.3 Å². The van der Waals surface area contributed by atoms with E-state index in [0.717, 1.165) is 29.2 Å². The molecule has 0 N–H and O–H groups in total. The third-order valence-electron chi connectivity index (χ3n) is 9.71. The zero-order valence-corrected chi connectivity index (χ0v) is 20.4. The van der Waals surface area contributed by atoms with Gasteiger partial charge in [0.25, 0.3) is 0 Å². The van der Waals surface area contributed by atoms with E-state index in [1.165, 1.54) is 76.5 Å². The van der Waals surface area contributed by atoms with Gasteiger partial charge in [-0.1, -0.05) is 51.0 Å². The van der Waals surface area contributed by atoms with Gasteiger partial charge in [0.05, 0.1) is 6.26 Å². The van der Waals surface area contributed by atoms with Crippen LogP contribution >= 0.6 is 0 Å². The number of fused-ring (bicyclic) bond motifs is 5. The van der Waals surface area contributed by atoms with E-state index in [2.05, 4.69) is 39.0 Å². The van der Waals surface area contributed by atoms with Crippen molar-refractivity contribution in [2.45, 2.75) is 92.4 Å². The van der Waals surface area contributed by atoms with Gasteiger partial charge in [-0.25, -0.2) is 0 Å². The molecule has 0 saturated heterocycles. The monoisotopic (exact) mass is 422 g/mol. The van der Waals surface area contributed by atoms with Crippen LogP contribution < -0.4 is 0 Å². The summed E-state index contributed by atoms with van der Waals surface area (Å²) in [5.41, 5.74) is 4.90. The number of hydrogen-bond acceptors (Lipinski definition) is 2. The van der Waals surface area contributed by atoms with Gasteiger partial charge in [-0.2, -0.15) is 0 Å². The molecule has 0 bridgehead atoms. The van der Waals surface area contributed by atoms with E-state index in [9.17, 15) is 4.79 Å². The van der Waals surface area contributed by atoms with Crippen LogP contribution in [0.15, 0.2) is 47.3 Å². The van der Waals surface area contributed by atoms with Gasteiger partial charge in [-0.05, 0) is 110 Å². The van der Waals surface area contributed by atoms with E-state index < -0.39 is 0 Å². The van der Waals surface area contributed by atoms with E-state index in [1.54, 1.807) is 5.57 Å². The van der Waals surface area contributed by atoms with Crippen LogP contribution in [-0.2, 0) is 9.53 Å². The summed E-state index contributed by atoms with van der Waals surface area (Å²) >= 11 is 0. The molecule has 4 aliphatic carbocycles. The van der Waals surface area contributed by atoms with Crippen molar-refractivity contribution in [1.29, 1.82) is 0 Å². The number of hydrogen-bond donors (Lipinski definition) is 0. The first-order valence-corrected chi connectivity index (χ1v) is 12.7. The van der Waals surface area contributed by atoms with Crippen LogP contribution in [-0.4, -0.2) is 5.97 Å². The highest BCUT2D eigenvalue weighted by Gasteiger charge is 2.57. The summed E-state index contributed by atoms with van der Waals surface area (Å²) in [6.45, 7) is 10.9. The summed E-state index contributed by atoms with van der Waals surface area (Å²) in [5, 5.41) is 0. The zero-order chi connectivity index (χ0) is 22.2. The molecule has 0 spiro atoms. The maximum Gasteiger partial charge on any atom is 0.307 e. The molecule has 2 heteroatoms. The van der Waals surface area contributed by atoms with Crippen molar-refractivity contribution in [2.24, 2.45) is 34.5 Å². The zero-order valence-electron chi connectivity index (χ0n) is 20.4. The minimum absolute atomic E-state index is 0.277. The summed E-state index contributed by atoms with van der Waals surface area (Å²) in [4.78, 5) is 11.0. The highest BCUT2D eigenvalue weighted by atomic mass is 16.5. The summed E-state index contributed by atoms with van der Waals surface area (Å²) in [7, 11) is 0. The predicted octanol–water partition coefficient (Wildman–Crippen LogP) is 7.92. The van der Waals surface area contributed by atoms with Crippen molar-refractivity contribution in [3.8, 4) is 0 Å². The molecule has 2 nitrogen and oxygen atoms in total. The van der Waals surface area contributed by atoms with Crippen molar-refractivity contribution in [1.82, 2.24) is 0 Å². The summed E-state index contributed by atoms with van der Waals surface area (Å²) in [6.07, 6.45) is 23.4. The third kappa shape index (κ3) is 4.12. The highest BCUT2D eigenvalue weighted by molar-refractivity contribution is 5.66. The second-order valence-corrected chi connectivity index (χ2v) is 11.4. The average molecular weight is 423 g/mol. The molecule has 3 saturated carbocycles. The minimum Gasteiger partial charge on any atom is -0.434 e. The Morgan fingerprint density at radius 3 is 2.61 bits per heavy atom. The Kier molecular flexibility index (Phi) is 6.39. The van der Waals surface area contributed by atoms with Crippen LogP contribution in [0.4, 0.5) is 0 Å². The number of rotatable bonds is 4. The molecule has 6 atom stereocenters. The molecule has 3 fully saturated rings. The standard InChI is InChI=1S/C29H42O2/c1-20(19-31-22(3)30)9-8-10-21(2)25-14-15-26-24-13-12-23-11-6-7-17-28(23,4)27(24)16-18-29(25,26)5/h8-10,14,19,23-24,26-27H,6-7,11-13,15-18H2,1-5H3/t23?,24-,26-,27-,28-,29+/m0/s1. The van der Waals surface area contributed by atoms with Crippen LogP contribution in [0.1, 0.15) is 92.4 Å². The topological polar surface area (TPSA) is 26.3 Å². The van der Waals surface area contributed by atoms with Crippen LogP contribution in [0.5, 0.6) is 0 Å². The average Bonchev–Trinajstić information content (AvgIpc) is 3.09. The molecular formula is C29H42O2. The molecule has 31 heavy (non-hydrogen) atoms. The Morgan fingerprint density at radius 2 is 1.84 bits per heavy atom. The van der Waals surface area contributed by atoms with E-state index in [-0.39, 0.29) is 5.97 Å². The second kappa shape index (κ2) is 8.75. The third-order valence-corrected chi connectivity index (χ3v) is 9.71. The number of ether oxygens (including phenoxy) is 1. The van der Waals surface area contributed by atoms with Crippen molar-refractivity contribution in [3.63, 3.8) is 0 Å². The Hall–Kier alpha value is -1.57. The molecule has 0 aromatic heterocycles. The quantitative estimate of drug-likeness (QED) is 0.261. The number of allylic oxidation sites excluding steroid dienone is 7. The van der Waals surface area contributed by atoms with Gasteiger partial charge in [0.1, 0.15) is 0 Å². The SMILES string of the molecule is CC(=O)OC=C(C)C=CC=C(C)C1=CC[C@H]2[C@@H]3CCC4CCCC[C@]4(C)[C@H]3CC[C@]12C. The van der Waals surface area contributed by atoms with Crippen LogP contribution in [0.2, 0.25) is 0 Å². The predicted molar refractivity (Wildman–Crippen MR) is 128 cm³/mol. The first-order chi connectivity index (χ1) is 14.8. The Morgan fingerprint density at radius 1 is 1.03 bits per heavy atom. The molecule has 0 radical (unpaired) electrons. The summed E-state index contributed by atoms with van der Waals surface area (Å²) in [5.74, 6) is 3.43. The lowest BCUT2D eigenvalue weighted by Crippen LogP contribution is -2.52. The molecule has 4 aliphatic rings. The van der Waals surface area contributed by atoms with Gasteiger partial charge in [0.15, 0.2) is 0 Å². The van der Waals surface area contributed by atoms with E-state index in [4.69, 9.17) is 4.74 Å². The first kappa shape index (κ1) is 22.6. The largest absolute Gasteiger partial charge is 0.434 e. The summed E-state index contributed by atoms with van der Waals surface area (Å²) < 4.78 is 4.96. The van der Waals surface area contributed by atoms with Gasteiger partial charge in [-0.15, -0.1) is 0 Å². The Balaban J connectivity index is 1.48. The summed E-state index contributed by atoms with van der Waals surface area (Å²) in [6, 6.07) is 0. The Bertz CT molecular complexity index is 828. The first-order valence-electron chi connectivity index (χ1n) is 12.7. The maximum absolute atomic E-state index is 11.0. The maximum atomic E-state index is 11.0. The van der Waals surface area contributed by atoms with Crippen LogP contribution in [0, 0.1) is 34.5 Å². The van der Waals surface area contributed by atoms with Gasteiger partial charge in [0.2, 0.25) is 0 Å². The fraction of sp³-hybridized carbons (Fsp3) is 0.690.